The molecule has 0 amide bonds. The summed E-state index contributed by atoms with van der Waals surface area (Å²) in [4.78, 5) is 15.4. The smallest absolute Gasteiger partial charge is 0.173 e. The van der Waals surface area contributed by atoms with Crippen LogP contribution in [0.2, 0.25) is 5.02 Å². The lowest BCUT2D eigenvalue weighted by Gasteiger charge is -2.14. The molecule has 0 fully saturated rings. The third-order valence-electron chi connectivity index (χ3n) is 2.07. The van der Waals surface area contributed by atoms with Crippen LogP contribution < -0.4 is 15.4 Å². The Balaban J connectivity index is 3.43. The summed E-state index contributed by atoms with van der Waals surface area (Å²) in [5.74, 6) is 5.65. The van der Waals surface area contributed by atoms with E-state index in [9.17, 15) is 4.79 Å². The Labute approximate surface area is 98.0 Å². The molecule has 0 bridgehead atoms. The number of rotatable bonds is 5. The number of carbonyl (C=O) groups excluding carboxylic acids is 1. The first-order chi connectivity index (χ1) is 7.69. The molecule has 0 aliphatic carbocycles. The van der Waals surface area contributed by atoms with Gasteiger partial charge < -0.3 is 9.47 Å². The lowest BCUT2D eigenvalue weighted by Crippen LogP contribution is -2.04. The fourth-order valence-electron chi connectivity index (χ4n) is 1.41. The molecule has 0 radical (unpaired) electrons. The van der Waals surface area contributed by atoms with Crippen molar-refractivity contribution in [2.24, 2.45) is 5.90 Å². The number of hydrogen-bond acceptors (Lipinski definition) is 5. The first-order valence-electron chi connectivity index (χ1n) is 4.39. The number of nitrogens with two attached hydrogens (primary N) is 1. The minimum Gasteiger partial charge on any atom is -0.492 e. The summed E-state index contributed by atoms with van der Waals surface area (Å²) in [6.07, 6.45) is 0.608. The number of carbonyl (C=O) groups is 1. The van der Waals surface area contributed by atoms with Crippen molar-refractivity contribution in [3.63, 3.8) is 0 Å². The molecule has 0 unspecified atom stereocenters. The maximum absolute atomic E-state index is 10.9. The second-order valence-corrected chi connectivity index (χ2v) is 3.33. The number of halogens is 1. The number of aldehydes is 1. The Morgan fingerprint density at radius 1 is 1.38 bits per heavy atom. The van der Waals surface area contributed by atoms with Gasteiger partial charge in [-0.05, 0) is 6.07 Å². The highest BCUT2D eigenvalue weighted by Gasteiger charge is 2.18. The molecule has 0 heterocycles. The lowest BCUT2D eigenvalue weighted by atomic mass is 10.1. The molecular formula is C10H12ClNO4. The van der Waals surface area contributed by atoms with Crippen molar-refractivity contribution < 1.29 is 19.1 Å². The molecule has 0 aliphatic heterocycles. The van der Waals surface area contributed by atoms with Gasteiger partial charge in [-0.3, -0.25) is 9.63 Å². The van der Waals surface area contributed by atoms with Gasteiger partial charge in [-0.2, -0.15) is 0 Å². The predicted molar refractivity (Wildman–Crippen MR) is 58.9 cm³/mol. The van der Waals surface area contributed by atoms with E-state index in [2.05, 4.69) is 4.84 Å². The quantitative estimate of drug-likeness (QED) is 0.630. The fraction of sp³-hybridized carbons (Fsp3) is 0.300. The molecule has 16 heavy (non-hydrogen) atoms. The molecule has 2 N–H and O–H groups in total. The Morgan fingerprint density at radius 3 is 2.44 bits per heavy atom. The second-order valence-electron chi connectivity index (χ2n) is 2.93. The van der Waals surface area contributed by atoms with Gasteiger partial charge >= 0.3 is 0 Å². The number of hydrogen-bond donors (Lipinski definition) is 1. The van der Waals surface area contributed by atoms with E-state index in [0.29, 0.717) is 17.6 Å². The van der Waals surface area contributed by atoms with Crippen LogP contribution in [0.3, 0.4) is 0 Å². The van der Waals surface area contributed by atoms with Gasteiger partial charge in [-0.15, -0.1) is 0 Å². The monoisotopic (exact) mass is 245 g/mol. The Kier molecular flexibility index (Phi) is 4.54. The Hall–Kier alpha value is -1.30. The van der Waals surface area contributed by atoms with Crippen molar-refractivity contribution >= 4 is 17.9 Å². The minimum absolute atomic E-state index is 0.110. The van der Waals surface area contributed by atoms with E-state index in [1.54, 1.807) is 6.07 Å². The first-order valence-corrected chi connectivity index (χ1v) is 4.77. The molecule has 6 heteroatoms. The standard InChI is InChI=1S/C10H12ClNO4/c1-14-9-6(5-16-12)3-8(11)7(4-13)10(9)15-2/h3-4H,5,12H2,1-2H3. The van der Waals surface area contributed by atoms with Crippen LogP contribution in [-0.2, 0) is 11.4 Å². The summed E-state index contributed by atoms with van der Waals surface area (Å²) in [5.41, 5.74) is 0.847. The van der Waals surface area contributed by atoms with E-state index in [4.69, 9.17) is 27.0 Å². The highest BCUT2D eigenvalue weighted by molar-refractivity contribution is 6.33. The second kappa shape index (κ2) is 5.69. The average molecular weight is 246 g/mol. The van der Waals surface area contributed by atoms with Gasteiger partial charge in [0, 0.05) is 5.56 Å². The SMILES string of the molecule is COc1c(CON)cc(Cl)c(C=O)c1OC. The molecule has 5 nitrogen and oxygen atoms in total. The van der Waals surface area contributed by atoms with Gasteiger partial charge in [0.15, 0.2) is 17.8 Å². The zero-order valence-corrected chi connectivity index (χ0v) is 9.71. The van der Waals surface area contributed by atoms with Gasteiger partial charge in [-0.25, -0.2) is 5.90 Å². The van der Waals surface area contributed by atoms with Crippen LogP contribution in [0.4, 0.5) is 0 Å². The molecule has 1 rings (SSSR count). The van der Waals surface area contributed by atoms with E-state index in [1.807, 2.05) is 0 Å². The average Bonchev–Trinajstić information content (AvgIpc) is 2.28. The summed E-state index contributed by atoms with van der Waals surface area (Å²) in [6, 6.07) is 1.56. The first kappa shape index (κ1) is 12.8. The van der Waals surface area contributed by atoms with Crippen LogP contribution in [0, 0.1) is 0 Å². The molecule has 0 aromatic heterocycles. The van der Waals surface area contributed by atoms with Crippen molar-refractivity contribution in [3.05, 3.63) is 22.2 Å². The Bertz CT molecular complexity index is 395. The van der Waals surface area contributed by atoms with E-state index in [-0.39, 0.29) is 22.9 Å². The zero-order chi connectivity index (χ0) is 12.1. The molecule has 88 valence electrons. The lowest BCUT2D eigenvalue weighted by molar-refractivity contribution is 0.111. The number of methoxy groups -OCH3 is 2. The van der Waals surface area contributed by atoms with Gasteiger partial charge in [0.25, 0.3) is 0 Å². The van der Waals surface area contributed by atoms with Crippen LogP contribution in [0.25, 0.3) is 0 Å². The maximum atomic E-state index is 10.9. The summed E-state index contributed by atoms with van der Waals surface area (Å²) in [7, 11) is 2.88. The van der Waals surface area contributed by atoms with Crippen LogP contribution >= 0.6 is 11.6 Å². The fourth-order valence-corrected chi connectivity index (χ4v) is 1.67. The van der Waals surface area contributed by atoms with Crippen molar-refractivity contribution in [2.45, 2.75) is 6.61 Å². The largest absolute Gasteiger partial charge is 0.492 e. The van der Waals surface area contributed by atoms with E-state index < -0.39 is 0 Å². The summed E-state index contributed by atoms with van der Waals surface area (Å²) < 4.78 is 10.2. The van der Waals surface area contributed by atoms with Crippen LogP contribution in [0.5, 0.6) is 11.5 Å². The molecule has 1 aromatic rings. The van der Waals surface area contributed by atoms with Crippen molar-refractivity contribution in [3.8, 4) is 11.5 Å². The molecule has 0 saturated carbocycles. The number of ether oxygens (including phenoxy) is 2. The van der Waals surface area contributed by atoms with Crippen molar-refractivity contribution in [2.75, 3.05) is 14.2 Å². The molecule has 0 atom stereocenters. The molecule has 0 aliphatic rings. The third kappa shape index (κ3) is 2.27. The summed E-state index contributed by atoms with van der Waals surface area (Å²) in [5, 5.41) is 0.264. The Morgan fingerprint density at radius 2 is 2.00 bits per heavy atom. The normalized spacial score (nSPS) is 10.0. The predicted octanol–water partition coefficient (Wildman–Crippen LogP) is 1.56. The zero-order valence-electron chi connectivity index (χ0n) is 8.95. The van der Waals surface area contributed by atoms with Crippen molar-refractivity contribution in [1.29, 1.82) is 0 Å². The summed E-state index contributed by atoms with van der Waals surface area (Å²) >= 11 is 5.91. The number of benzene rings is 1. The highest BCUT2D eigenvalue weighted by atomic mass is 35.5. The topological polar surface area (TPSA) is 70.8 Å². The third-order valence-corrected chi connectivity index (χ3v) is 2.38. The van der Waals surface area contributed by atoms with Gasteiger partial charge in [0.05, 0.1) is 31.4 Å². The molecular weight excluding hydrogens is 234 g/mol. The van der Waals surface area contributed by atoms with E-state index in [0.717, 1.165) is 0 Å². The van der Waals surface area contributed by atoms with E-state index in [1.165, 1.54) is 14.2 Å². The summed E-state index contributed by atoms with van der Waals surface area (Å²) in [6.45, 7) is 0.110. The molecule has 0 spiro atoms. The van der Waals surface area contributed by atoms with Gasteiger partial charge in [-0.1, -0.05) is 11.6 Å². The van der Waals surface area contributed by atoms with Gasteiger partial charge in [0.1, 0.15) is 0 Å². The van der Waals surface area contributed by atoms with Gasteiger partial charge in [0.2, 0.25) is 0 Å². The van der Waals surface area contributed by atoms with Crippen LogP contribution in [0.15, 0.2) is 6.07 Å². The molecule has 1 aromatic carbocycles. The maximum Gasteiger partial charge on any atom is 0.173 e. The van der Waals surface area contributed by atoms with Crippen LogP contribution in [0.1, 0.15) is 15.9 Å². The minimum atomic E-state index is 0.110. The van der Waals surface area contributed by atoms with Crippen molar-refractivity contribution in [1.82, 2.24) is 0 Å². The molecule has 0 saturated heterocycles. The highest BCUT2D eigenvalue weighted by Crippen LogP contribution is 2.38. The van der Waals surface area contributed by atoms with Crippen LogP contribution in [-0.4, -0.2) is 20.5 Å². The van der Waals surface area contributed by atoms with E-state index >= 15 is 0 Å².